The van der Waals surface area contributed by atoms with Gasteiger partial charge in [-0.2, -0.15) is 0 Å². The fourth-order valence-corrected chi connectivity index (χ4v) is 7.96. The van der Waals surface area contributed by atoms with Gasteiger partial charge in [-0.25, -0.2) is 0 Å². The first kappa shape index (κ1) is 20.7. The summed E-state index contributed by atoms with van der Waals surface area (Å²) in [6.45, 7) is 4.43. The van der Waals surface area contributed by atoms with Gasteiger partial charge in [0.25, 0.3) is 0 Å². The van der Waals surface area contributed by atoms with Crippen molar-refractivity contribution in [1.29, 1.82) is 0 Å². The van der Waals surface area contributed by atoms with Gasteiger partial charge in [0.2, 0.25) is 0 Å². The van der Waals surface area contributed by atoms with E-state index in [0.717, 1.165) is 19.9 Å². The van der Waals surface area contributed by atoms with Crippen LogP contribution in [0.1, 0.15) is 28.6 Å². The van der Waals surface area contributed by atoms with E-state index in [2.05, 4.69) is 66.5 Å². The molecule has 0 unspecified atom stereocenters. The second-order valence-corrected chi connectivity index (χ2v) is 11.4. The van der Waals surface area contributed by atoms with Gasteiger partial charge < -0.3 is 0 Å². The third-order valence-corrected chi connectivity index (χ3v) is 9.08. The Balaban J connectivity index is 1.69. The summed E-state index contributed by atoms with van der Waals surface area (Å²) in [5.74, 6) is -1.21. The van der Waals surface area contributed by atoms with E-state index in [4.69, 9.17) is 0 Å². The molecular formula is C25H21N3O3Te. The zero-order valence-corrected chi connectivity index (χ0v) is 20.2. The molecule has 4 amide bonds. The van der Waals surface area contributed by atoms with E-state index in [0.29, 0.717) is 0 Å². The van der Waals surface area contributed by atoms with E-state index in [1.54, 1.807) is 6.08 Å². The van der Waals surface area contributed by atoms with Gasteiger partial charge in [-0.05, 0) is 0 Å². The number of hydrogen-bond donors (Lipinski definition) is 1. The summed E-state index contributed by atoms with van der Waals surface area (Å²) in [4.78, 5) is 39.9. The number of barbiturate groups is 1. The van der Waals surface area contributed by atoms with Gasteiger partial charge in [0.15, 0.2) is 0 Å². The number of urea groups is 1. The fraction of sp³-hybridized carbons (Fsp3) is 0.160. The van der Waals surface area contributed by atoms with Crippen LogP contribution in [0.15, 0.2) is 66.2 Å². The summed E-state index contributed by atoms with van der Waals surface area (Å²) in [5, 5.41) is 2.23. The van der Waals surface area contributed by atoms with E-state index < -0.39 is 38.3 Å². The van der Waals surface area contributed by atoms with E-state index in [-0.39, 0.29) is 11.0 Å². The number of anilines is 3. The number of rotatable bonds is 2. The molecule has 5 rings (SSSR count). The number of benzene rings is 2. The Morgan fingerprint density at radius 1 is 0.938 bits per heavy atom. The van der Waals surface area contributed by atoms with Crippen LogP contribution in [0.2, 0.25) is 0 Å². The first-order valence-corrected chi connectivity index (χ1v) is 12.6. The number of fused-ring (bicyclic) bond motifs is 2. The molecule has 2 aromatic carbocycles. The van der Waals surface area contributed by atoms with Gasteiger partial charge in [0, 0.05) is 0 Å². The molecule has 0 saturated carbocycles. The number of carbonyl (C=O) groups excluding carboxylic acids is 3. The van der Waals surface area contributed by atoms with Crippen molar-refractivity contribution in [3.8, 4) is 0 Å². The Kier molecular flexibility index (Phi) is 4.84. The second-order valence-electron chi connectivity index (χ2n) is 8.36. The topological polar surface area (TPSA) is 69.7 Å². The van der Waals surface area contributed by atoms with E-state index in [1.165, 1.54) is 21.9 Å². The SMILES string of the molecule is CN1C(=O)NC(=O)/C(=C\c2cc3c([te]2)N(c2ccccc2)c2ccccc2C3(C)C)C1=O. The molecule has 2 aliphatic rings. The average Bonchev–Trinajstić information content (AvgIpc) is 3.21. The van der Waals surface area contributed by atoms with Crippen LogP contribution >= 0.6 is 0 Å². The fourth-order valence-electron chi connectivity index (χ4n) is 4.26. The molecule has 0 atom stereocenters. The van der Waals surface area contributed by atoms with Crippen LogP contribution < -0.4 is 10.2 Å². The van der Waals surface area contributed by atoms with Gasteiger partial charge in [0.05, 0.1) is 0 Å². The monoisotopic (exact) mass is 541 g/mol. The third-order valence-electron chi connectivity index (χ3n) is 6.03. The van der Waals surface area contributed by atoms with Gasteiger partial charge >= 0.3 is 196 Å². The van der Waals surface area contributed by atoms with E-state index in [9.17, 15) is 14.4 Å². The zero-order chi connectivity index (χ0) is 22.6. The molecule has 6 nitrogen and oxygen atoms in total. The molecular weight excluding hydrogens is 518 g/mol. The first-order valence-electron chi connectivity index (χ1n) is 10.2. The summed E-state index contributed by atoms with van der Waals surface area (Å²) in [6.07, 6.45) is 1.67. The van der Waals surface area contributed by atoms with Gasteiger partial charge in [-0.3, -0.25) is 0 Å². The van der Waals surface area contributed by atoms with Crippen LogP contribution in [0.25, 0.3) is 6.08 Å². The van der Waals surface area contributed by atoms with Crippen molar-refractivity contribution in [2.24, 2.45) is 0 Å². The summed E-state index contributed by atoms with van der Waals surface area (Å²) in [5.41, 5.74) is 4.48. The second kappa shape index (κ2) is 7.47. The number of para-hydroxylation sites is 2. The Morgan fingerprint density at radius 2 is 1.62 bits per heavy atom. The normalized spacial score (nSPS) is 18.5. The quantitative estimate of drug-likeness (QED) is 0.305. The summed E-state index contributed by atoms with van der Waals surface area (Å²) in [7, 11) is 1.37. The van der Waals surface area contributed by atoms with Crippen LogP contribution in [-0.4, -0.2) is 50.2 Å². The number of amides is 4. The Hall–Kier alpha value is -3.14. The Bertz CT molecular complexity index is 1310. The summed E-state index contributed by atoms with van der Waals surface area (Å²) < 4.78 is 2.24. The molecule has 0 radical (unpaired) electrons. The number of imide groups is 2. The predicted octanol–water partition coefficient (Wildman–Crippen LogP) is 3.94. The maximum absolute atomic E-state index is 12.6. The summed E-state index contributed by atoms with van der Waals surface area (Å²) >= 11 is -0.901. The van der Waals surface area contributed by atoms with Gasteiger partial charge in [-0.1, -0.05) is 0 Å². The molecule has 1 aromatic heterocycles. The molecule has 3 heterocycles. The maximum atomic E-state index is 12.6. The van der Waals surface area contributed by atoms with Crippen molar-refractivity contribution >= 4 is 59.4 Å². The molecule has 0 aliphatic carbocycles. The Morgan fingerprint density at radius 3 is 2.38 bits per heavy atom. The van der Waals surface area contributed by atoms with Crippen molar-refractivity contribution in [1.82, 2.24) is 10.2 Å². The van der Waals surface area contributed by atoms with Crippen molar-refractivity contribution in [3.63, 3.8) is 0 Å². The minimum atomic E-state index is -0.901. The first-order chi connectivity index (χ1) is 15.3. The van der Waals surface area contributed by atoms with E-state index in [1.807, 2.05) is 18.2 Å². The number of hydrogen-bond acceptors (Lipinski definition) is 4. The average molecular weight is 539 g/mol. The van der Waals surface area contributed by atoms with Crippen LogP contribution in [0.3, 0.4) is 0 Å². The molecule has 1 fully saturated rings. The Labute approximate surface area is 195 Å². The molecule has 2 aliphatic heterocycles. The zero-order valence-electron chi connectivity index (χ0n) is 17.9. The molecule has 1 N–H and O–H groups in total. The molecule has 160 valence electrons. The molecule has 0 bridgehead atoms. The van der Waals surface area contributed by atoms with E-state index >= 15 is 0 Å². The standard InChI is InChI=1S/C25H21N3O3Te/c1-25(2)18-11-7-8-12-20(18)28(15-9-5-4-6-10-15)23-19(25)14-16(32-23)13-17-21(29)26-24(31)27(3)22(17)30/h4-14H,1-3H3,(H,26,29,31)/b17-13+. The van der Waals surface area contributed by atoms with Crippen molar-refractivity contribution in [2.45, 2.75) is 19.3 Å². The molecule has 7 heteroatoms. The van der Waals surface area contributed by atoms with Gasteiger partial charge in [-0.15, -0.1) is 0 Å². The van der Waals surface area contributed by atoms with Crippen molar-refractivity contribution in [3.05, 3.63) is 80.9 Å². The minimum absolute atomic E-state index is 0.00452. The number of carbonyl (C=O) groups is 3. The van der Waals surface area contributed by atoms with Gasteiger partial charge in [0.1, 0.15) is 0 Å². The van der Waals surface area contributed by atoms with Crippen LogP contribution in [0.5, 0.6) is 0 Å². The van der Waals surface area contributed by atoms with Crippen molar-refractivity contribution in [2.75, 3.05) is 11.9 Å². The molecule has 3 aromatic rings. The number of nitrogens with one attached hydrogen (secondary N) is 1. The van der Waals surface area contributed by atoms with Crippen LogP contribution in [0.4, 0.5) is 19.9 Å². The molecule has 32 heavy (non-hydrogen) atoms. The third kappa shape index (κ3) is 3.12. The number of likely N-dealkylation sites (N-methyl/N-ethyl adjacent to an activating group) is 1. The van der Waals surface area contributed by atoms with Crippen LogP contribution in [0, 0.1) is 0 Å². The molecule has 0 spiro atoms. The predicted molar refractivity (Wildman–Crippen MR) is 124 cm³/mol. The molecule has 1 saturated heterocycles. The van der Waals surface area contributed by atoms with Crippen LogP contribution in [-0.2, 0) is 15.0 Å². The van der Waals surface area contributed by atoms with Crippen molar-refractivity contribution < 1.29 is 14.4 Å². The number of nitrogens with zero attached hydrogens (tertiary/aromatic N) is 2. The summed E-state index contributed by atoms with van der Waals surface area (Å²) in [6, 6.07) is 20.1.